The highest BCUT2D eigenvalue weighted by molar-refractivity contribution is 8.15. The molecule has 1 atom stereocenters. The van der Waals surface area contributed by atoms with Gasteiger partial charge in [-0.15, -0.1) is 16.7 Å². The number of hydrogen-bond donors (Lipinski definition) is 2. The van der Waals surface area contributed by atoms with Crippen LogP contribution >= 0.6 is 23.4 Å². The lowest BCUT2D eigenvalue weighted by Gasteiger charge is -2.05. The van der Waals surface area contributed by atoms with Gasteiger partial charge < -0.3 is 15.2 Å². The fraction of sp³-hybridized carbons (Fsp3) is 0.286. The van der Waals surface area contributed by atoms with Gasteiger partial charge in [-0.2, -0.15) is 5.10 Å². The van der Waals surface area contributed by atoms with Gasteiger partial charge in [0, 0.05) is 5.56 Å². The number of ether oxygens (including phenoxy) is 1. The highest BCUT2D eigenvalue weighted by Gasteiger charge is 2.32. The van der Waals surface area contributed by atoms with Crippen molar-refractivity contribution in [2.75, 3.05) is 7.11 Å². The zero-order valence-electron chi connectivity index (χ0n) is 12.2. The Morgan fingerprint density at radius 3 is 3.00 bits per heavy atom. The van der Waals surface area contributed by atoms with Crippen molar-refractivity contribution in [3.05, 3.63) is 29.3 Å². The quantitative estimate of drug-likeness (QED) is 0.460. The van der Waals surface area contributed by atoms with E-state index in [4.69, 9.17) is 21.4 Å². The molecule has 1 heterocycles. The van der Waals surface area contributed by atoms with Gasteiger partial charge in [-0.05, 0) is 23.8 Å². The summed E-state index contributed by atoms with van der Waals surface area (Å²) in [5.74, 6) is -0.407. The molecule has 2 rings (SSSR count). The number of nitrogens with one attached hydrogen (secondary N) is 1. The molecule has 1 aliphatic heterocycles. The fourth-order valence-electron chi connectivity index (χ4n) is 1.88. The Morgan fingerprint density at radius 1 is 1.57 bits per heavy atom. The summed E-state index contributed by atoms with van der Waals surface area (Å²) in [7, 11) is 1.57. The van der Waals surface area contributed by atoms with Gasteiger partial charge in [0.25, 0.3) is 0 Å². The van der Waals surface area contributed by atoms with Gasteiger partial charge in [0.15, 0.2) is 5.17 Å². The van der Waals surface area contributed by atoms with E-state index in [2.05, 4.69) is 15.5 Å². The maximum atomic E-state index is 11.6. The van der Waals surface area contributed by atoms with Gasteiger partial charge in [0.2, 0.25) is 5.91 Å². The summed E-state index contributed by atoms with van der Waals surface area (Å²) in [5, 5.41) is 18.6. The molecule has 1 aromatic carbocycles. The van der Waals surface area contributed by atoms with Crippen LogP contribution in [-0.4, -0.2) is 40.7 Å². The van der Waals surface area contributed by atoms with Gasteiger partial charge >= 0.3 is 5.97 Å². The van der Waals surface area contributed by atoms with Gasteiger partial charge in [-0.1, -0.05) is 11.8 Å². The van der Waals surface area contributed by atoms with Crippen LogP contribution in [0.5, 0.6) is 5.75 Å². The number of carboxylic acids is 1. The Bertz CT molecular complexity index is 678. The highest BCUT2D eigenvalue weighted by Crippen LogP contribution is 2.23. The van der Waals surface area contributed by atoms with Gasteiger partial charge in [-0.3, -0.25) is 9.59 Å². The Hall–Kier alpha value is -2.06. The first-order valence-electron chi connectivity index (χ1n) is 6.56. The van der Waals surface area contributed by atoms with Gasteiger partial charge in [0.1, 0.15) is 11.0 Å². The van der Waals surface area contributed by atoms with E-state index in [0.29, 0.717) is 11.6 Å². The number of nitrogens with zero attached hydrogens (tertiary/aromatic N) is 2. The third-order valence-corrected chi connectivity index (χ3v) is 4.30. The van der Waals surface area contributed by atoms with Crippen molar-refractivity contribution in [3.63, 3.8) is 0 Å². The zero-order chi connectivity index (χ0) is 16.8. The maximum absolute atomic E-state index is 11.6. The lowest BCUT2D eigenvalue weighted by atomic mass is 10.1. The smallest absolute Gasteiger partial charge is 0.305 e. The average Bonchev–Trinajstić information content (AvgIpc) is 2.86. The highest BCUT2D eigenvalue weighted by atomic mass is 35.5. The van der Waals surface area contributed by atoms with Crippen molar-refractivity contribution < 1.29 is 19.4 Å². The first-order valence-corrected chi connectivity index (χ1v) is 7.98. The van der Waals surface area contributed by atoms with Crippen molar-refractivity contribution in [2.24, 2.45) is 10.2 Å². The molecule has 0 saturated carbocycles. The Labute approximate surface area is 141 Å². The number of rotatable bonds is 6. The first-order chi connectivity index (χ1) is 11.0. The molecule has 0 spiro atoms. The van der Waals surface area contributed by atoms with E-state index in [1.807, 2.05) is 6.07 Å². The van der Waals surface area contributed by atoms with Crippen LogP contribution in [0.1, 0.15) is 17.5 Å². The molecule has 1 aromatic rings. The molecule has 7 nitrogen and oxygen atoms in total. The van der Waals surface area contributed by atoms with E-state index in [1.54, 1.807) is 19.2 Å². The molecule has 0 bridgehead atoms. The largest absolute Gasteiger partial charge is 0.496 e. The second kappa shape index (κ2) is 7.98. The van der Waals surface area contributed by atoms with Crippen LogP contribution in [0.4, 0.5) is 0 Å². The van der Waals surface area contributed by atoms with Crippen LogP contribution < -0.4 is 10.1 Å². The molecular formula is C14H14ClN3O4S. The molecule has 0 radical (unpaired) electrons. The Kier molecular flexibility index (Phi) is 6.00. The van der Waals surface area contributed by atoms with E-state index < -0.39 is 11.2 Å². The van der Waals surface area contributed by atoms with Crippen molar-refractivity contribution in [3.8, 4) is 5.75 Å². The molecule has 0 aromatic heterocycles. The number of amidine groups is 1. The van der Waals surface area contributed by atoms with Crippen LogP contribution in [0.25, 0.3) is 0 Å². The molecular weight excluding hydrogens is 342 g/mol. The summed E-state index contributed by atoms with van der Waals surface area (Å²) < 4.78 is 5.18. The van der Waals surface area contributed by atoms with Gasteiger partial charge in [-0.25, -0.2) is 0 Å². The molecule has 122 valence electrons. The minimum Gasteiger partial charge on any atom is -0.496 e. The minimum atomic E-state index is -1.03. The van der Waals surface area contributed by atoms with Gasteiger partial charge in [0.05, 0.1) is 25.6 Å². The number of alkyl halides is 1. The van der Waals surface area contributed by atoms with E-state index >= 15 is 0 Å². The second-order valence-electron chi connectivity index (χ2n) is 4.55. The normalized spacial score (nSPS) is 19.3. The Balaban J connectivity index is 2.04. The molecule has 23 heavy (non-hydrogen) atoms. The number of benzene rings is 1. The fourth-order valence-corrected chi connectivity index (χ4v) is 3.00. The Morgan fingerprint density at radius 2 is 2.35 bits per heavy atom. The van der Waals surface area contributed by atoms with E-state index in [1.165, 1.54) is 6.21 Å². The number of aliphatic carboxylic acids is 1. The average molecular weight is 356 g/mol. The van der Waals surface area contributed by atoms with Crippen molar-refractivity contribution in [1.29, 1.82) is 0 Å². The predicted molar refractivity (Wildman–Crippen MR) is 89.4 cm³/mol. The molecule has 0 aliphatic carbocycles. The first kappa shape index (κ1) is 17.3. The lowest BCUT2D eigenvalue weighted by molar-refractivity contribution is -0.138. The topological polar surface area (TPSA) is 100 Å². The summed E-state index contributed by atoms with van der Waals surface area (Å²) in [6, 6.07) is 5.40. The molecule has 1 aliphatic rings. The monoisotopic (exact) mass is 355 g/mol. The molecule has 1 amide bonds. The van der Waals surface area contributed by atoms with Crippen LogP contribution in [0, 0.1) is 0 Å². The maximum Gasteiger partial charge on any atom is 0.305 e. The third kappa shape index (κ3) is 4.70. The molecule has 2 N–H and O–H groups in total. The predicted octanol–water partition coefficient (Wildman–Crippen LogP) is 1.83. The van der Waals surface area contributed by atoms with Crippen LogP contribution in [0.2, 0.25) is 0 Å². The van der Waals surface area contributed by atoms with Crippen molar-refractivity contribution >= 4 is 46.6 Å². The van der Waals surface area contributed by atoms with E-state index in [0.717, 1.165) is 22.9 Å². The van der Waals surface area contributed by atoms with Crippen molar-refractivity contribution in [1.82, 2.24) is 5.32 Å². The molecule has 9 heteroatoms. The summed E-state index contributed by atoms with van der Waals surface area (Å²) in [6.07, 6.45) is 1.26. The van der Waals surface area contributed by atoms with Crippen LogP contribution in [0.15, 0.2) is 28.4 Å². The third-order valence-electron chi connectivity index (χ3n) is 2.94. The van der Waals surface area contributed by atoms with Crippen molar-refractivity contribution in [2.45, 2.75) is 17.6 Å². The van der Waals surface area contributed by atoms with E-state index in [9.17, 15) is 9.59 Å². The number of thioether (sulfide) groups is 1. The SMILES string of the molecule is COc1ccc(C=NN=C2NC(=O)C(CC(=O)O)S2)cc1CCl. The summed E-state index contributed by atoms with van der Waals surface area (Å²) in [4.78, 5) is 22.2. The van der Waals surface area contributed by atoms with Crippen LogP contribution in [0.3, 0.4) is 0 Å². The molecule has 1 saturated heterocycles. The number of halogens is 1. The van der Waals surface area contributed by atoms with E-state index in [-0.39, 0.29) is 17.5 Å². The van der Waals surface area contributed by atoms with Crippen LogP contribution in [-0.2, 0) is 15.5 Å². The number of carbonyl (C=O) groups excluding carboxylic acids is 1. The number of carboxylic acid groups (broad SMARTS) is 1. The summed E-state index contributed by atoms with van der Waals surface area (Å²) in [5.41, 5.74) is 1.61. The summed E-state index contributed by atoms with van der Waals surface area (Å²) >= 11 is 6.89. The minimum absolute atomic E-state index is 0.253. The standard InChI is InChI=1S/C14H14ClN3O4S/c1-22-10-3-2-8(4-9(10)6-15)7-16-18-14-17-13(21)11(23-14)5-12(19)20/h2-4,7,11H,5-6H2,1H3,(H,19,20)(H,17,18,21). The number of carbonyl (C=O) groups is 2. The number of hydrogen-bond acceptors (Lipinski definition) is 6. The number of amides is 1. The summed E-state index contributed by atoms with van der Waals surface area (Å²) in [6.45, 7) is 0. The zero-order valence-corrected chi connectivity index (χ0v) is 13.7. The second-order valence-corrected chi connectivity index (χ2v) is 6.01. The number of methoxy groups -OCH3 is 1. The molecule has 1 unspecified atom stereocenters. The molecule has 1 fully saturated rings. The lowest BCUT2D eigenvalue weighted by Crippen LogP contribution is -2.26.